The molecule has 1 aromatic rings. The van der Waals surface area contributed by atoms with Crippen LogP contribution >= 0.6 is 0 Å². The number of anilines is 1. The first-order chi connectivity index (χ1) is 9.49. The highest BCUT2D eigenvalue weighted by atomic mass is 16.4. The highest BCUT2D eigenvalue weighted by Crippen LogP contribution is 2.31. The van der Waals surface area contributed by atoms with E-state index in [4.69, 9.17) is 5.11 Å². The summed E-state index contributed by atoms with van der Waals surface area (Å²) >= 11 is 0. The Morgan fingerprint density at radius 2 is 2.20 bits per heavy atom. The van der Waals surface area contributed by atoms with Gasteiger partial charge in [0.1, 0.15) is 0 Å². The van der Waals surface area contributed by atoms with Crippen molar-refractivity contribution in [1.29, 1.82) is 0 Å². The van der Waals surface area contributed by atoms with Gasteiger partial charge in [0.25, 0.3) is 0 Å². The van der Waals surface area contributed by atoms with Gasteiger partial charge in [-0.1, -0.05) is 19.9 Å². The average Bonchev–Trinajstić information content (AvgIpc) is 2.86. The summed E-state index contributed by atoms with van der Waals surface area (Å²) in [4.78, 5) is 13.1. The van der Waals surface area contributed by atoms with Gasteiger partial charge in [0.2, 0.25) is 0 Å². The minimum Gasteiger partial charge on any atom is -0.478 e. The zero-order valence-corrected chi connectivity index (χ0v) is 12.5. The fourth-order valence-electron chi connectivity index (χ4n) is 2.99. The Kier molecular flexibility index (Phi) is 4.48. The fourth-order valence-corrected chi connectivity index (χ4v) is 2.99. The van der Waals surface area contributed by atoms with E-state index in [2.05, 4.69) is 30.9 Å². The fraction of sp³-hybridized carbons (Fsp3) is 0.471. The molecule has 1 aromatic carbocycles. The van der Waals surface area contributed by atoms with Gasteiger partial charge in [0.15, 0.2) is 0 Å². The van der Waals surface area contributed by atoms with Crippen molar-refractivity contribution < 1.29 is 9.90 Å². The largest absolute Gasteiger partial charge is 0.478 e. The minimum atomic E-state index is -0.909. The molecule has 1 heterocycles. The lowest BCUT2D eigenvalue weighted by Gasteiger charge is -2.30. The number of carboxylic acids is 1. The van der Waals surface area contributed by atoms with Gasteiger partial charge in [-0.2, -0.15) is 0 Å². The maximum atomic E-state index is 10.6. The van der Waals surface area contributed by atoms with Crippen LogP contribution in [0.1, 0.15) is 37.8 Å². The van der Waals surface area contributed by atoms with Crippen molar-refractivity contribution in [2.45, 2.75) is 39.7 Å². The second kappa shape index (κ2) is 6.12. The monoisotopic (exact) mass is 273 g/mol. The standard InChI is InChI=1S/C17H23NO2/c1-12(2)16-5-4-10-18(16)15-8-6-14(13(3)11-15)7-9-17(19)20/h6-9,11-12,16H,4-5,10H2,1-3H3,(H,19,20). The molecule has 0 bridgehead atoms. The summed E-state index contributed by atoms with van der Waals surface area (Å²) in [6, 6.07) is 6.91. The van der Waals surface area contributed by atoms with Gasteiger partial charge in [-0.3, -0.25) is 0 Å². The molecule has 0 aliphatic carbocycles. The quantitative estimate of drug-likeness (QED) is 0.850. The molecular formula is C17H23NO2. The maximum absolute atomic E-state index is 10.6. The first-order valence-electron chi connectivity index (χ1n) is 7.27. The third-order valence-electron chi connectivity index (χ3n) is 4.06. The Morgan fingerprint density at radius 1 is 1.45 bits per heavy atom. The summed E-state index contributed by atoms with van der Waals surface area (Å²) < 4.78 is 0. The number of benzene rings is 1. The van der Waals surface area contributed by atoms with Crippen LogP contribution in [0, 0.1) is 12.8 Å². The minimum absolute atomic E-state index is 0.620. The highest BCUT2D eigenvalue weighted by Gasteiger charge is 2.27. The first kappa shape index (κ1) is 14.6. The third kappa shape index (κ3) is 3.21. The molecule has 1 aliphatic rings. The van der Waals surface area contributed by atoms with E-state index in [9.17, 15) is 4.79 Å². The van der Waals surface area contributed by atoms with Gasteiger partial charge in [-0.25, -0.2) is 4.79 Å². The lowest BCUT2D eigenvalue weighted by atomic mass is 10.0. The number of aryl methyl sites for hydroxylation is 1. The van der Waals surface area contributed by atoms with Crippen LogP contribution < -0.4 is 4.90 Å². The van der Waals surface area contributed by atoms with E-state index in [0.717, 1.165) is 17.7 Å². The van der Waals surface area contributed by atoms with Gasteiger partial charge in [-0.15, -0.1) is 0 Å². The summed E-state index contributed by atoms with van der Waals surface area (Å²) in [5, 5.41) is 8.69. The van der Waals surface area contributed by atoms with Crippen LogP contribution in [-0.2, 0) is 4.79 Å². The van der Waals surface area contributed by atoms with Crippen molar-refractivity contribution in [3.8, 4) is 0 Å². The molecule has 2 rings (SSSR count). The second-order valence-corrected chi connectivity index (χ2v) is 5.86. The number of carbonyl (C=O) groups is 1. The molecule has 0 aromatic heterocycles. The molecule has 1 fully saturated rings. The second-order valence-electron chi connectivity index (χ2n) is 5.86. The molecule has 0 spiro atoms. The van der Waals surface area contributed by atoms with Crippen molar-refractivity contribution in [3.05, 3.63) is 35.4 Å². The Balaban J connectivity index is 2.22. The molecule has 20 heavy (non-hydrogen) atoms. The molecule has 3 heteroatoms. The molecular weight excluding hydrogens is 250 g/mol. The topological polar surface area (TPSA) is 40.5 Å². The van der Waals surface area contributed by atoms with Gasteiger partial charge in [0.05, 0.1) is 0 Å². The molecule has 1 aliphatic heterocycles. The lowest BCUT2D eigenvalue weighted by Crippen LogP contribution is -2.33. The molecule has 1 atom stereocenters. The summed E-state index contributed by atoms with van der Waals surface area (Å²) in [6.07, 6.45) is 5.36. The van der Waals surface area contributed by atoms with Crippen molar-refractivity contribution >= 4 is 17.7 Å². The van der Waals surface area contributed by atoms with Crippen molar-refractivity contribution in [3.63, 3.8) is 0 Å². The smallest absolute Gasteiger partial charge is 0.328 e. The van der Waals surface area contributed by atoms with E-state index >= 15 is 0 Å². The SMILES string of the molecule is Cc1cc(N2CCCC2C(C)C)ccc1C=CC(=O)O. The van der Waals surface area contributed by atoms with Crippen LogP contribution in [0.2, 0.25) is 0 Å². The number of carboxylic acid groups (broad SMARTS) is 1. The number of rotatable bonds is 4. The van der Waals surface area contributed by atoms with Crippen LogP contribution in [0.25, 0.3) is 6.08 Å². The van der Waals surface area contributed by atoms with Crippen LogP contribution in [0.15, 0.2) is 24.3 Å². The van der Waals surface area contributed by atoms with Crippen molar-refractivity contribution in [2.24, 2.45) is 5.92 Å². The number of aliphatic carboxylic acids is 1. The van der Waals surface area contributed by atoms with E-state index in [-0.39, 0.29) is 0 Å². The van der Waals surface area contributed by atoms with Gasteiger partial charge >= 0.3 is 5.97 Å². The Labute approximate surface area is 120 Å². The average molecular weight is 273 g/mol. The van der Waals surface area contributed by atoms with Crippen molar-refractivity contribution in [1.82, 2.24) is 0 Å². The first-order valence-corrected chi connectivity index (χ1v) is 7.27. The molecule has 0 radical (unpaired) electrons. The Morgan fingerprint density at radius 3 is 2.80 bits per heavy atom. The van der Waals surface area contributed by atoms with Gasteiger partial charge in [-0.05, 0) is 55.0 Å². The van der Waals surface area contributed by atoms with E-state index in [1.165, 1.54) is 24.6 Å². The normalized spacial score (nSPS) is 19.2. The van der Waals surface area contributed by atoms with E-state index in [1.807, 2.05) is 13.0 Å². The van der Waals surface area contributed by atoms with Crippen LogP contribution in [0.4, 0.5) is 5.69 Å². The zero-order chi connectivity index (χ0) is 14.7. The Bertz CT molecular complexity index is 520. The highest BCUT2D eigenvalue weighted by molar-refractivity contribution is 5.85. The predicted octanol–water partition coefficient (Wildman–Crippen LogP) is 3.72. The molecule has 3 nitrogen and oxygen atoms in total. The zero-order valence-electron chi connectivity index (χ0n) is 12.5. The van der Waals surface area contributed by atoms with Crippen molar-refractivity contribution in [2.75, 3.05) is 11.4 Å². The van der Waals surface area contributed by atoms with Crippen LogP contribution in [-0.4, -0.2) is 23.7 Å². The molecule has 1 saturated heterocycles. The third-order valence-corrected chi connectivity index (χ3v) is 4.06. The van der Waals surface area contributed by atoms with Crippen LogP contribution in [0.5, 0.6) is 0 Å². The summed E-state index contributed by atoms with van der Waals surface area (Å²) in [5.41, 5.74) is 3.34. The van der Waals surface area contributed by atoms with Gasteiger partial charge in [0, 0.05) is 24.4 Å². The number of hydrogen-bond acceptors (Lipinski definition) is 2. The van der Waals surface area contributed by atoms with E-state index < -0.39 is 5.97 Å². The molecule has 0 saturated carbocycles. The molecule has 0 amide bonds. The van der Waals surface area contributed by atoms with Gasteiger partial charge < -0.3 is 10.0 Å². The number of nitrogens with zero attached hydrogens (tertiary/aromatic N) is 1. The molecule has 1 unspecified atom stereocenters. The van der Waals surface area contributed by atoms with E-state index in [1.54, 1.807) is 6.08 Å². The predicted molar refractivity (Wildman–Crippen MR) is 83.1 cm³/mol. The maximum Gasteiger partial charge on any atom is 0.328 e. The molecule has 108 valence electrons. The summed E-state index contributed by atoms with van der Waals surface area (Å²) in [7, 11) is 0. The summed E-state index contributed by atoms with van der Waals surface area (Å²) in [5.74, 6) is -0.253. The lowest BCUT2D eigenvalue weighted by molar-refractivity contribution is -0.131. The molecule has 1 N–H and O–H groups in total. The van der Waals surface area contributed by atoms with Crippen LogP contribution in [0.3, 0.4) is 0 Å². The number of hydrogen-bond donors (Lipinski definition) is 1. The summed E-state index contributed by atoms with van der Waals surface area (Å²) in [6.45, 7) is 7.71. The van der Waals surface area contributed by atoms with E-state index in [0.29, 0.717) is 12.0 Å². The Hall–Kier alpha value is -1.77.